The van der Waals surface area contributed by atoms with Crippen LogP contribution in [0.1, 0.15) is 38.1 Å². The van der Waals surface area contributed by atoms with Gasteiger partial charge in [0, 0.05) is 5.39 Å². The summed E-state index contributed by atoms with van der Waals surface area (Å²) in [6, 6.07) is 10.9. The van der Waals surface area contributed by atoms with E-state index in [4.69, 9.17) is 4.98 Å². The molecule has 2 rings (SSSR count). The van der Waals surface area contributed by atoms with Crippen molar-refractivity contribution in [3.8, 4) is 0 Å². The summed E-state index contributed by atoms with van der Waals surface area (Å²) in [6.45, 7) is 9.75. The van der Waals surface area contributed by atoms with E-state index in [1.807, 2.05) is 0 Å². The highest BCUT2D eigenvalue weighted by Crippen LogP contribution is 2.24. The van der Waals surface area contributed by atoms with Crippen molar-refractivity contribution in [2.45, 2.75) is 33.7 Å². The predicted molar refractivity (Wildman–Crippen MR) is 77.7 cm³/mol. The predicted octanol–water partition coefficient (Wildman–Crippen LogP) is 3.85. The molecule has 1 unspecified atom stereocenters. The number of rotatable bonds is 4. The molecule has 1 heterocycles. The van der Waals surface area contributed by atoms with Crippen molar-refractivity contribution in [2.75, 3.05) is 6.54 Å². The second-order valence-corrected chi connectivity index (χ2v) is 5.16. The quantitative estimate of drug-likeness (QED) is 0.881. The van der Waals surface area contributed by atoms with E-state index in [9.17, 15) is 0 Å². The van der Waals surface area contributed by atoms with Gasteiger partial charge in [0.25, 0.3) is 0 Å². The number of benzene rings is 1. The van der Waals surface area contributed by atoms with Crippen LogP contribution in [0.4, 0.5) is 0 Å². The highest BCUT2D eigenvalue weighted by molar-refractivity contribution is 5.82. The molecule has 2 nitrogen and oxygen atoms in total. The monoisotopic (exact) mass is 242 g/mol. The molecule has 18 heavy (non-hydrogen) atoms. The van der Waals surface area contributed by atoms with E-state index in [1.54, 1.807) is 0 Å². The van der Waals surface area contributed by atoms with Crippen LogP contribution >= 0.6 is 0 Å². The lowest BCUT2D eigenvalue weighted by Gasteiger charge is -2.22. The summed E-state index contributed by atoms with van der Waals surface area (Å²) < 4.78 is 0. The molecule has 0 saturated carbocycles. The second kappa shape index (κ2) is 5.49. The Balaban J connectivity index is 2.50. The normalized spacial score (nSPS) is 13.2. The van der Waals surface area contributed by atoms with Gasteiger partial charge in [-0.3, -0.25) is 4.98 Å². The van der Waals surface area contributed by atoms with E-state index in [0.717, 1.165) is 17.8 Å². The van der Waals surface area contributed by atoms with E-state index < -0.39 is 0 Å². The van der Waals surface area contributed by atoms with Gasteiger partial charge >= 0.3 is 0 Å². The van der Waals surface area contributed by atoms with Crippen molar-refractivity contribution in [1.29, 1.82) is 0 Å². The molecule has 0 aliphatic rings. The Bertz CT molecular complexity index is 532. The molecule has 1 aromatic carbocycles. The van der Waals surface area contributed by atoms with Gasteiger partial charge in [0.2, 0.25) is 0 Å². The third-order valence-electron chi connectivity index (χ3n) is 3.35. The number of pyridine rings is 1. The largest absolute Gasteiger partial charge is 0.309 e. The molecule has 0 aliphatic heterocycles. The van der Waals surface area contributed by atoms with Crippen molar-refractivity contribution >= 4 is 10.9 Å². The van der Waals surface area contributed by atoms with E-state index in [0.29, 0.717) is 12.0 Å². The van der Waals surface area contributed by atoms with Crippen LogP contribution < -0.4 is 5.32 Å². The maximum Gasteiger partial charge on any atom is 0.0708 e. The van der Waals surface area contributed by atoms with E-state index in [1.165, 1.54) is 10.9 Å². The Hall–Kier alpha value is -1.41. The zero-order valence-corrected chi connectivity index (χ0v) is 11.7. The first kappa shape index (κ1) is 13.0. The van der Waals surface area contributed by atoms with Crippen molar-refractivity contribution in [2.24, 2.45) is 5.92 Å². The number of para-hydroxylation sites is 1. The molecule has 0 spiro atoms. The number of hydrogen-bond acceptors (Lipinski definition) is 2. The summed E-state index contributed by atoms with van der Waals surface area (Å²) >= 11 is 0. The lowest BCUT2D eigenvalue weighted by atomic mass is 9.98. The average Bonchev–Trinajstić information content (AvgIpc) is 2.35. The highest BCUT2D eigenvalue weighted by Gasteiger charge is 2.17. The third kappa shape index (κ3) is 2.54. The minimum absolute atomic E-state index is 0.332. The van der Waals surface area contributed by atoms with Gasteiger partial charge in [-0.25, -0.2) is 0 Å². The van der Waals surface area contributed by atoms with E-state index in [2.05, 4.69) is 63.3 Å². The lowest BCUT2D eigenvalue weighted by molar-refractivity contribution is 0.414. The van der Waals surface area contributed by atoms with Crippen LogP contribution in [0.15, 0.2) is 30.3 Å². The van der Waals surface area contributed by atoms with Gasteiger partial charge < -0.3 is 5.32 Å². The zero-order chi connectivity index (χ0) is 13.1. The fourth-order valence-corrected chi connectivity index (χ4v) is 2.44. The number of aryl methyl sites for hydroxylation is 1. The molecule has 96 valence electrons. The number of nitrogens with zero attached hydrogens (tertiary/aromatic N) is 1. The molecule has 1 aromatic heterocycles. The molecular weight excluding hydrogens is 220 g/mol. The minimum Gasteiger partial charge on any atom is -0.309 e. The number of aromatic nitrogens is 1. The molecule has 0 amide bonds. The van der Waals surface area contributed by atoms with Crippen LogP contribution in [0.2, 0.25) is 0 Å². The van der Waals surface area contributed by atoms with Gasteiger partial charge in [0.1, 0.15) is 0 Å². The first-order chi connectivity index (χ1) is 8.63. The standard InChI is InChI=1S/C16H22N2/c1-5-17-16(11(2)3)15-10-12(4)13-8-6-7-9-14(13)18-15/h6-11,16-17H,5H2,1-4H3. The number of nitrogens with one attached hydrogen (secondary N) is 1. The summed E-state index contributed by atoms with van der Waals surface area (Å²) in [6.07, 6.45) is 0. The summed E-state index contributed by atoms with van der Waals surface area (Å²) in [5, 5.41) is 4.78. The molecule has 0 radical (unpaired) electrons. The first-order valence-corrected chi connectivity index (χ1v) is 6.73. The lowest BCUT2D eigenvalue weighted by Crippen LogP contribution is -2.26. The summed E-state index contributed by atoms with van der Waals surface area (Å²) in [4.78, 5) is 4.81. The Kier molecular flexibility index (Phi) is 3.97. The molecule has 1 atom stereocenters. The van der Waals surface area contributed by atoms with Crippen molar-refractivity contribution in [1.82, 2.24) is 10.3 Å². The Morgan fingerprint density at radius 3 is 2.61 bits per heavy atom. The van der Waals surface area contributed by atoms with E-state index >= 15 is 0 Å². The maximum absolute atomic E-state index is 4.81. The zero-order valence-electron chi connectivity index (χ0n) is 11.7. The molecule has 0 fully saturated rings. The summed E-state index contributed by atoms with van der Waals surface area (Å²) in [5.74, 6) is 0.540. The SMILES string of the molecule is CCNC(c1cc(C)c2ccccc2n1)C(C)C. The highest BCUT2D eigenvalue weighted by atomic mass is 14.9. The minimum atomic E-state index is 0.332. The van der Waals surface area contributed by atoms with Gasteiger partial charge in [0.15, 0.2) is 0 Å². The molecule has 2 heteroatoms. The van der Waals surface area contributed by atoms with Gasteiger partial charge in [0.05, 0.1) is 17.3 Å². The smallest absolute Gasteiger partial charge is 0.0708 e. The Morgan fingerprint density at radius 1 is 1.22 bits per heavy atom. The van der Waals surface area contributed by atoms with Gasteiger partial charge in [-0.1, -0.05) is 39.0 Å². The molecule has 0 aliphatic carbocycles. The van der Waals surface area contributed by atoms with Crippen molar-refractivity contribution in [3.05, 3.63) is 41.6 Å². The number of fused-ring (bicyclic) bond motifs is 1. The first-order valence-electron chi connectivity index (χ1n) is 6.73. The molecule has 2 aromatic rings. The fourth-order valence-electron chi connectivity index (χ4n) is 2.44. The van der Waals surface area contributed by atoms with Crippen molar-refractivity contribution in [3.63, 3.8) is 0 Å². The van der Waals surface area contributed by atoms with Crippen LogP contribution in [0, 0.1) is 12.8 Å². The van der Waals surface area contributed by atoms with Gasteiger partial charge in [-0.15, -0.1) is 0 Å². The van der Waals surface area contributed by atoms with E-state index in [-0.39, 0.29) is 0 Å². The summed E-state index contributed by atoms with van der Waals surface area (Å²) in [5.41, 5.74) is 3.55. The summed E-state index contributed by atoms with van der Waals surface area (Å²) in [7, 11) is 0. The third-order valence-corrected chi connectivity index (χ3v) is 3.35. The second-order valence-electron chi connectivity index (χ2n) is 5.16. The Labute approximate surface area is 109 Å². The molecule has 1 N–H and O–H groups in total. The van der Waals surface area contributed by atoms with Gasteiger partial charge in [-0.05, 0) is 37.1 Å². The van der Waals surface area contributed by atoms with Crippen LogP contribution in [0.5, 0.6) is 0 Å². The number of hydrogen-bond donors (Lipinski definition) is 1. The molecular formula is C16H22N2. The fraction of sp³-hybridized carbons (Fsp3) is 0.438. The molecule has 0 bridgehead atoms. The Morgan fingerprint density at radius 2 is 1.94 bits per heavy atom. The topological polar surface area (TPSA) is 24.9 Å². The van der Waals surface area contributed by atoms with Crippen molar-refractivity contribution < 1.29 is 0 Å². The average molecular weight is 242 g/mol. The maximum atomic E-state index is 4.81. The van der Waals surface area contributed by atoms with Crippen LogP contribution in [-0.4, -0.2) is 11.5 Å². The van der Waals surface area contributed by atoms with Crippen LogP contribution in [0.3, 0.4) is 0 Å². The molecule has 0 saturated heterocycles. The van der Waals surface area contributed by atoms with Crippen LogP contribution in [-0.2, 0) is 0 Å². The van der Waals surface area contributed by atoms with Gasteiger partial charge in [-0.2, -0.15) is 0 Å². The van der Waals surface area contributed by atoms with Crippen LogP contribution in [0.25, 0.3) is 10.9 Å².